The number of sulfone groups is 1. The molecule has 1 unspecified atom stereocenters. The summed E-state index contributed by atoms with van der Waals surface area (Å²) < 4.78 is 24.3. The van der Waals surface area contributed by atoms with Crippen molar-refractivity contribution in [2.24, 2.45) is 0 Å². The number of nitrogens with one attached hydrogen (secondary N) is 1. The van der Waals surface area contributed by atoms with Crippen molar-refractivity contribution in [3.8, 4) is 0 Å². The van der Waals surface area contributed by atoms with Gasteiger partial charge in [0.25, 0.3) is 0 Å². The highest BCUT2D eigenvalue weighted by Crippen LogP contribution is 2.23. The highest BCUT2D eigenvalue weighted by Gasteiger charge is 2.22. The zero-order valence-electron chi connectivity index (χ0n) is 11.5. The lowest BCUT2D eigenvalue weighted by Crippen LogP contribution is -2.36. The molecule has 0 heterocycles. The van der Waals surface area contributed by atoms with Crippen LogP contribution in [0.25, 0.3) is 0 Å². The lowest BCUT2D eigenvalue weighted by atomic mass is 10.2. The molecule has 0 radical (unpaired) electrons. The molecule has 0 spiro atoms. The topological polar surface area (TPSA) is 89.3 Å². The van der Waals surface area contributed by atoms with Gasteiger partial charge in [-0.15, -0.1) is 0 Å². The fourth-order valence-corrected chi connectivity index (χ4v) is 3.40. The van der Waals surface area contributed by atoms with E-state index in [1.54, 1.807) is 0 Å². The second-order valence-corrected chi connectivity index (χ2v) is 7.09. The molecule has 20 heavy (non-hydrogen) atoms. The molecule has 1 rings (SSSR count). The molecule has 0 bridgehead atoms. The van der Waals surface area contributed by atoms with Crippen LogP contribution < -0.4 is 11.1 Å². The maximum Gasteiger partial charge on any atom is 0.235 e. The Morgan fingerprint density at radius 3 is 2.70 bits per heavy atom. The zero-order chi connectivity index (χ0) is 15.3. The Labute approximate surface area is 124 Å². The maximum absolute atomic E-state index is 12.2. The van der Waals surface area contributed by atoms with Crippen LogP contribution in [0, 0.1) is 0 Å². The van der Waals surface area contributed by atoms with E-state index in [1.807, 2.05) is 13.8 Å². The van der Waals surface area contributed by atoms with Gasteiger partial charge >= 0.3 is 0 Å². The number of hydrogen-bond acceptors (Lipinski definition) is 4. The molecule has 1 amide bonds. The molecule has 0 saturated heterocycles. The number of halogens is 1. The minimum Gasteiger partial charge on any atom is -0.398 e. The van der Waals surface area contributed by atoms with Gasteiger partial charge in [0.05, 0.1) is 10.6 Å². The Morgan fingerprint density at radius 1 is 1.45 bits per heavy atom. The quantitative estimate of drug-likeness (QED) is 0.785. The van der Waals surface area contributed by atoms with Crippen molar-refractivity contribution >= 4 is 33.0 Å². The summed E-state index contributed by atoms with van der Waals surface area (Å²) in [7, 11) is -3.79. The van der Waals surface area contributed by atoms with Gasteiger partial charge in [0.15, 0.2) is 9.84 Å². The second-order valence-electron chi connectivity index (χ2n) is 4.70. The Hall–Kier alpha value is -1.27. The first-order chi connectivity index (χ1) is 9.26. The summed E-state index contributed by atoms with van der Waals surface area (Å²) in [5, 5.41) is 2.91. The van der Waals surface area contributed by atoms with Crippen molar-refractivity contribution in [1.29, 1.82) is 0 Å². The van der Waals surface area contributed by atoms with E-state index in [-0.39, 0.29) is 21.6 Å². The largest absolute Gasteiger partial charge is 0.398 e. The Morgan fingerprint density at radius 2 is 2.10 bits per heavy atom. The van der Waals surface area contributed by atoms with Crippen LogP contribution in [-0.2, 0) is 14.6 Å². The van der Waals surface area contributed by atoms with E-state index in [0.29, 0.717) is 0 Å². The molecule has 112 valence electrons. The number of nitrogens with two attached hydrogens (primary N) is 1. The normalized spacial score (nSPS) is 12.9. The SMILES string of the molecule is CCCC(C)NC(=O)CS(=O)(=O)c1cc(Cl)ccc1N. The van der Waals surface area contributed by atoms with Crippen molar-refractivity contribution in [1.82, 2.24) is 5.32 Å². The molecular formula is C13H19ClN2O3S. The van der Waals surface area contributed by atoms with E-state index >= 15 is 0 Å². The first-order valence-corrected chi connectivity index (χ1v) is 8.36. The lowest BCUT2D eigenvalue weighted by molar-refractivity contribution is -0.119. The number of carbonyl (C=O) groups excluding carboxylic acids is 1. The van der Waals surface area contributed by atoms with E-state index in [0.717, 1.165) is 12.8 Å². The van der Waals surface area contributed by atoms with Gasteiger partial charge in [0.2, 0.25) is 5.91 Å². The number of hydrogen-bond donors (Lipinski definition) is 2. The lowest BCUT2D eigenvalue weighted by Gasteiger charge is -2.13. The first-order valence-electron chi connectivity index (χ1n) is 6.33. The molecule has 0 aliphatic carbocycles. The van der Waals surface area contributed by atoms with E-state index in [4.69, 9.17) is 17.3 Å². The molecule has 0 aromatic heterocycles. The number of benzene rings is 1. The molecule has 5 nitrogen and oxygen atoms in total. The zero-order valence-corrected chi connectivity index (χ0v) is 13.1. The van der Waals surface area contributed by atoms with Crippen LogP contribution in [0.5, 0.6) is 0 Å². The van der Waals surface area contributed by atoms with E-state index < -0.39 is 21.5 Å². The van der Waals surface area contributed by atoms with Crippen LogP contribution in [0.1, 0.15) is 26.7 Å². The smallest absolute Gasteiger partial charge is 0.235 e. The molecular weight excluding hydrogens is 300 g/mol. The van der Waals surface area contributed by atoms with Crippen LogP contribution in [0.2, 0.25) is 5.02 Å². The molecule has 1 aromatic carbocycles. The third-order valence-electron chi connectivity index (χ3n) is 2.76. The summed E-state index contributed by atoms with van der Waals surface area (Å²) in [5.74, 6) is -1.17. The predicted octanol–water partition coefficient (Wildman–Crippen LogP) is 2.00. The van der Waals surface area contributed by atoms with Crippen LogP contribution >= 0.6 is 11.6 Å². The van der Waals surface area contributed by atoms with Gasteiger partial charge in [0.1, 0.15) is 5.75 Å². The fourth-order valence-electron chi connectivity index (χ4n) is 1.85. The monoisotopic (exact) mass is 318 g/mol. The molecule has 0 saturated carbocycles. The Balaban J connectivity index is 2.85. The van der Waals surface area contributed by atoms with Gasteiger partial charge in [-0.25, -0.2) is 8.42 Å². The minimum absolute atomic E-state index is 0.0561. The number of carbonyl (C=O) groups is 1. The van der Waals surface area contributed by atoms with Crippen LogP contribution in [0.15, 0.2) is 23.1 Å². The highest BCUT2D eigenvalue weighted by molar-refractivity contribution is 7.92. The Kier molecular flexibility index (Phi) is 5.83. The van der Waals surface area contributed by atoms with Crippen molar-refractivity contribution in [2.45, 2.75) is 37.6 Å². The fraction of sp³-hybridized carbons (Fsp3) is 0.462. The second kappa shape index (κ2) is 6.95. The third kappa shape index (κ3) is 4.68. The molecule has 7 heteroatoms. The van der Waals surface area contributed by atoms with Gasteiger partial charge in [-0.2, -0.15) is 0 Å². The number of nitrogen functional groups attached to an aromatic ring is 1. The molecule has 0 fully saturated rings. The van der Waals surface area contributed by atoms with E-state index in [9.17, 15) is 13.2 Å². The average Bonchev–Trinajstić information content (AvgIpc) is 2.31. The minimum atomic E-state index is -3.79. The number of rotatable bonds is 6. The van der Waals surface area contributed by atoms with Crippen LogP contribution in [0.4, 0.5) is 5.69 Å². The van der Waals surface area contributed by atoms with Gasteiger partial charge < -0.3 is 11.1 Å². The van der Waals surface area contributed by atoms with Crippen molar-refractivity contribution in [2.75, 3.05) is 11.5 Å². The number of anilines is 1. The predicted molar refractivity (Wildman–Crippen MR) is 80.4 cm³/mol. The van der Waals surface area contributed by atoms with Crippen molar-refractivity contribution in [3.05, 3.63) is 23.2 Å². The Bertz CT molecular complexity index is 587. The molecule has 0 aliphatic heterocycles. The average molecular weight is 319 g/mol. The summed E-state index contributed by atoms with van der Waals surface area (Å²) in [6.45, 7) is 3.83. The highest BCUT2D eigenvalue weighted by atomic mass is 35.5. The number of amides is 1. The summed E-state index contributed by atoms with van der Waals surface area (Å²) in [6.07, 6.45) is 1.71. The summed E-state index contributed by atoms with van der Waals surface area (Å²) in [4.78, 5) is 11.6. The first kappa shape index (κ1) is 16.8. The standard InChI is InChI=1S/C13H19ClN2O3S/c1-3-4-9(2)16-13(17)8-20(18,19)12-7-10(14)5-6-11(12)15/h5-7,9H,3-4,8,15H2,1-2H3,(H,16,17). The molecule has 3 N–H and O–H groups in total. The van der Waals surface area contributed by atoms with E-state index in [2.05, 4.69) is 5.32 Å². The summed E-state index contributed by atoms with van der Waals surface area (Å²) in [5.41, 5.74) is 5.72. The molecule has 0 aliphatic rings. The van der Waals surface area contributed by atoms with E-state index in [1.165, 1.54) is 18.2 Å². The van der Waals surface area contributed by atoms with Gasteiger partial charge in [-0.1, -0.05) is 24.9 Å². The summed E-state index contributed by atoms with van der Waals surface area (Å²) >= 11 is 5.76. The van der Waals surface area contributed by atoms with Gasteiger partial charge in [-0.05, 0) is 31.5 Å². The van der Waals surface area contributed by atoms with Crippen LogP contribution in [0.3, 0.4) is 0 Å². The van der Waals surface area contributed by atoms with Crippen molar-refractivity contribution < 1.29 is 13.2 Å². The van der Waals surface area contributed by atoms with Crippen LogP contribution in [-0.4, -0.2) is 26.1 Å². The van der Waals surface area contributed by atoms with Crippen molar-refractivity contribution in [3.63, 3.8) is 0 Å². The molecule has 1 aromatic rings. The third-order valence-corrected chi connectivity index (χ3v) is 4.66. The summed E-state index contributed by atoms with van der Waals surface area (Å²) in [6, 6.07) is 4.11. The van der Waals surface area contributed by atoms with Gasteiger partial charge in [-0.3, -0.25) is 4.79 Å². The van der Waals surface area contributed by atoms with Gasteiger partial charge in [0, 0.05) is 11.1 Å². The maximum atomic E-state index is 12.2. The molecule has 1 atom stereocenters.